The second kappa shape index (κ2) is 6.06. The zero-order valence-electron chi connectivity index (χ0n) is 11.1. The van der Waals surface area contributed by atoms with Gasteiger partial charge in [0.2, 0.25) is 11.9 Å². The molecule has 1 aromatic carbocycles. The Bertz CT molecular complexity index is 588. The summed E-state index contributed by atoms with van der Waals surface area (Å²) in [5, 5.41) is 4.07. The minimum Gasteiger partial charge on any atom is -0.454 e. The molecule has 7 heteroatoms. The molecule has 3 rings (SSSR count). The first-order chi connectivity index (χ1) is 9.85. The number of hydrogen-bond acceptors (Lipinski definition) is 7. The van der Waals surface area contributed by atoms with Gasteiger partial charge in [0.1, 0.15) is 6.61 Å². The van der Waals surface area contributed by atoms with E-state index in [1.54, 1.807) is 7.11 Å². The maximum absolute atomic E-state index is 5.36. The summed E-state index contributed by atoms with van der Waals surface area (Å²) in [6.07, 6.45) is 0.885. The van der Waals surface area contributed by atoms with Crippen molar-refractivity contribution in [2.45, 2.75) is 13.0 Å². The third-order valence-electron chi connectivity index (χ3n) is 2.87. The van der Waals surface area contributed by atoms with Crippen LogP contribution in [0.15, 0.2) is 18.2 Å². The fraction of sp³-hybridized carbons (Fsp3) is 0.385. The molecule has 0 radical (unpaired) electrons. The molecule has 20 heavy (non-hydrogen) atoms. The predicted octanol–water partition coefficient (Wildman–Crippen LogP) is 2.07. The molecule has 0 fully saturated rings. The molecule has 2 aromatic rings. The molecule has 1 aliphatic rings. The lowest BCUT2D eigenvalue weighted by molar-refractivity contribution is 0.174. The van der Waals surface area contributed by atoms with Gasteiger partial charge in [0.05, 0.1) is 0 Å². The molecular weight excluding hydrogens is 278 g/mol. The Hall–Kier alpha value is -1.86. The molecule has 0 saturated heterocycles. The first-order valence-corrected chi connectivity index (χ1v) is 7.06. The van der Waals surface area contributed by atoms with Gasteiger partial charge in [-0.3, -0.25) is 0 Å². The summed E-state index contributed by atoms with van der Waals surface area (Å²) in [4.78, 5) is 4.32. The normalized spacial score (nSPS) is 12.7. The third-order valence-corrected chi connectivity index (χ3v) is 3.58. The number of methoxy groups -OCH3 is 1. The van der Waals surface area contributed by atoms with Crippen LogP contribution in [0, 0.1) is 0 Å². The second-order valence-electron chi connectivity index (χ2n) is 4.31. The van der Waals surface area contributed by atoms with Gasteiger partial charge in [0, 0.05) is 25.2 Å². The van der Waals surface area contributed by atoms with Crippen molar-refractivity contribution in [2.75, 3.05) is 25.8 Å². The Morgan fingerprint density at radius 1 is 1.35 bits per heavy atom. The van der Waals surface area contributed by atoms with Crippen molar-refractivity contribution in [3.63, 3.8) is 0 Å². The van der Waals surface area contributed by atoms with Crippen molar-refractivity contribution in [1.29, 1.82) is 0 Å². The van der Waals surface area contributed by atoms with Crippen molar-refractivity contribution in [2.24, 2.45) is 0 Å². The second-order valence-corrected chi connectivity index (χ2v) is 5.07. The van der Waals surface area contributed by atoms with Crippen LogP contribution in [0.2, 0.25) is 0 Å². The summed E-state index contributed by atoms with van der Waals surface area (Å²) in [6, 6.07) is 6.01. The fourth-order valence-electron chi connectivity index (χ4n) is 1.92. The van der Waals surface area contributed by atoms with Gasteiger partial charge in [-0.2, -0.15) is 4.37 Å². The SMILES string of the molecule is COCc1nsc(NCCc2ccc3c(c2)OCO3)n1. The van der Waals surface area contributed by atoms with Crippen molar-refractivity contribution < 1.29 is 14.2 Å². The van der Waals surface area contributed by atoms with Gasteiger partial charge in [-0.15, -0.1) is 0 Å². The highest BCUT2D eigenvalue weighted by atomic mass is 32.1. The smallest absolute Gasteiger partial charge is 0.231 e. The molecular formula is C13H15N3O3S. The van der Waals surface area contributed by atoms with E-state index in [-0.39, 0.29) is 0 Å². The van der Waals surface area contributed by atoms with Gasteiger partial charge in [0.15, 0.2) is 17.3 Å². The molecule has 1 N–H and O–H groups in total. The Labute approximate surface area is 120 Å². The standard InChI is InChI=1S/C13H15N3O3S/c1-17-7-12-15-13(20-16-12)14-5-4-9-2-3-10-11(6-9)19-8-18-10/h2-3,6H,4-5,7-8H2,1H3,(H,14,15,16). The van der Waals surface area contributed by atoms with Gasteiger partial charge in [-0.05, 0) is 24.1 Å². The predicted molar refractivity (Wildman–Crippen MR) is 75.4 cm³/mol. The van der Waals surface area contributed by atoms with Crippen LogP contribution in [-0.2, 0) is 17.8 Å². The average molecular weight is 293 g/mol. The number of nitrogens with zero attached hydrogens (tertiary/aromatic N) is 2. The first-order valence-electron chi connectivity index (χ1n) is 6.29. The number of ether oxygens (including phenoxy) is 3. The maximum atomic E-state index is 5.36. The Kier molecular flexibility index (Phi) is 3.98. The van der Waals surface area contributed by atoms with E-state index in [9.17, 15) is 0 Å². The van der Waals surface area contributed by atoms with Gasteiger partial charge < -0.3 is 19.5 Å². The van der Waals surface area contributed by atoms with Crippen LogP contribution >= 0.6 is 11.5 Å². The molecule has 0 saturated carbocycles. The summed E-state index contributed by atoms with van der Waals surface area (Å²) in [7, 11) is 1.63. The lowest BCUT2D eigenvalue weighted by atomic mass is 10.1. The van der Waals surface area contributed by atoms with Crippen LogP contribution in [0.25, 0.3) is 0 Å². The number of benzene rings is 1. The summed E-state index contributed by atoms with van der Waals surface area (Å²) in [5.74, 6) is 2.35. The molecule has 2 heterocycles. The van der Waals surface area contributed by atoms with Crippen LogP contribution in [0.5, 0.6) is 11.5 Å². The van der Waals surface area contributed by atoms with E-state index in [1.165, 1.54) is 17.1 Å². The molecule has 0 unspecified atom stereocenters. The van der Waals surface area contributed by atoms with E-state index in [1.807, 2.05) is 18.2 Å². The molecule has 1 aliphatic heterocycles. The van der Waals surface area contributed by atoms with Crippen molar-refractivity contribution in [3.8, 4) is 11.5 Å². The lowest BCUT2D eigenvalue weighted by Gasteiger charge is -2.04. The quantitative estimate of drug-likeness (QED) is 0.879. The molecule has 0 atom stereocenters. The summed E-state index contributed by atoms with van der Waals surface area (Å²) < 4.78 is 19.8. The third kappa shape index (κ3) is 3.00. The first kappa shape index (κ1) is 13.1. The molecule has 106 valence electrons. The van der Waals surface area contributed by atoms with E-state index in [2.05, 4.69) is 14.7 Å². The molecule has 0 spiro atoms. The Morgan fingerprint density at radius 2 is 2.25 bits per heavy atom. The molecule has 0 amide bonds. The summed E-state index contributed by atoms with van der Waals surface area (Å²) in [6.45, 7) is 1.55. The van der Waals surface area contributed by atoms with Crippen LogP contribution in [0.4, 0.5) is 5.13 Å². The number of nitrogens with one attached hydrogen (secondary N) is 1. The minimum atomic E-state index is 0.310. The minimum absolute atomic E-state index is 0.310. The molecule has 0 aliphatic carbocycles. The van der Waals surface area contributed by atoms with Crippen LogP contribution in [-0.4, -0.2) is 29.8 Å². The average Bonchev–Trinajstić information content (AvgIpc) is 3.08. The Balaban J connectivity index is 1.51. The van der Waals surface area contributed by atoms with E-state index < -0.39 is 0 Å². The van der Waals surface area contributed by atoms with Crippen LogP contribution in [0.1, 0.15) is 11.4 Å². The van der Waals surface area contributed by atoms with E-state index in [0.29, 0.717) is 19.2 Å². The lowest BCUT2D eigenvalue weighted by Crippen LogP contribution is -2.04. The highest BCUT2D eigenvalue weighted by Crippen LogP contribution is 2.32. The van der Waals surface area contributed by atoms with E-state index in [4.69, 9.17) is 14.2 Å². The molecule has 6 nitrogen and oxygen atoms in total. The monoisotopic (exact) mass is 293 g/mol. The topological polar surface area (TPSA) is 65.5 Å². The van der Waals surface area contributed by atoms with Gasteiger partial charge in [-0.25, -0.2) is 4.98 Å². The molecule has 1 aromatic heterocycles. The summed E-state index contributed by atoms with van der Waals surface area (Å²) >= 11 is 1.35. The Morgan fingerprint density at radius 3 is 3.15 bits per heavy atom. The zero-order chi connectivity index (χ0) is 13.8. The van der Waals surface area contributed by atoms with Crippen molar-refractivity contribution >= 4 is 16.7 Å². The highest BCUT2D eigenvalue weighted by molar-refractivity contribution is 7.09. The van der Waals surface area contributed by atoms with E-state index >= 15 is 0 Å². The number of hydrogen-bond donors (Lipinski definition) is 1. The van der Waals surface area contributed by atoms with Crippen LogP contribution < -0.4 is 14.8 Å². The number of fused-ring (bicyclic) bond motifs is 1. The van der Waals surface area contributed by atoms with Gasteiger partial charge >= 0.3 is 0 Å². The summed E-state index contributed by atoms with van der Waals surface area (Å²) in [5.41, 5.74) is 1.20. The van der Waals surface area contributed by atoms with Gasteiger partial charge in [-0.1, -0.05) is 6.07 Å². The van der Waals surface area contributed by atoms with E-state index in [0.717, 1.165) is 29.6 Å². The van der Waals surface area contributed by atoms with Crippen molar-refractivity contribution in [3.05, 3.63) is 29.6 Å². The largest absolute Gasteiger partial charge is 0.454 e. The fourth-order valence-corrected chi connectivity index (χ4v) is 2.52. The number of rotatable bonds is 6. The number of anilines is 1. The molecule has 0 bridgehead atoms. The van der Waals surface area contributed by atoms with Crippen LogP contribution in [0.3, 0.4) is 0 Å². The highest BCUT2D eigenvalue weighted by Gasteiger charge is 2.13. The van der Waals surface area contributed by atoms with Crippen molar-refractivity contribution in [1.82, 2.24) is 9.36 Å². The van der Waals surface area contributed by atoms with Gasteiger partial charge in [0.25, 0.3) is 0 Å². The maximum Gasteiger partial charge on any atom is 0.231 e. The number of aromatic nitrogens is 2. The zero-order valence-corrected chi connectivity index (χ0v) is 11.9.